The molecule has 1 aromatic heterocycles. The summed E-state index contributed by atoms with van der Waals surface area (Å²) in [5.41, 5.74) is 9.44. The first-order valence-corrected chi connectivity index (χ1v) is 5.12. The highest BCUT2D eigenvalue weighted by atomic mass is 19.1. The Balaban J connectivity index is 2.63. The molecule has 2 N–H and O–H groups in total. The van der Waals surface area contributed by atoms with Crippen LogP contribution in [-0.4, -0.2) is 4.98 Å². The molecule has 0 aliphatic rings. The van der Waals surface area contributed by atoms with Crippen molar-refractivity contribution in [2.24, 2.45) is 5.73 Å². The number of benzene rings is 1. The first-order chi connectivity index (χ1) is 7.72. The van der Waals surface area contributed by atoms with E-state index in [1.165, 1.54) is 12.1 Å². The molecule has 0 amide bonds. The van der Waals surface area contributed by atoms with E-state index in [1.54, 1.807) is 18.5 Å². The second-order valence-electron chi connectivity index (χ2n) is 3.70. The monoisotopic (exact) mass is 216 g/mol. The summed E-state index contributed by atoms with van der Waals surface area (Å²) in [6.07, 6.45) is 3.47. The largest absolute Gasteiger partial charge is 0.326 e. The van der Waals surface area contributed by atoms with E-state index in [4.69, 9.17) is 5.73 Å². The van der Waals surface area contributed by atoms with Gasteiger partial charge in [-0.25, -0.2) is 4.39 Å². The molecule has 0 bridgehead atoms. The predicted octanol–water partition coefficient (Wildman–Crippen LogP) is 2.65. The Labute approximate surface area is 93.9 Å². The van der Waals surface area contributed by atoms with Crippen molar-refractivity contribution in [2.45, 2.75) is 13.5 Å². The number of rotatable bonds is 2. The zero-order chi connectivity index (χ0) is 11.5. The lowest BCUT2D eigenvalue weighted by molar-refractivity contribution is 0.627. The van der Waals surface area contributed by atoms with Gasteiger partial charge in [-0.3, -0.25) is 4.98 Å². The first kappa shape index (κ1) is 10.8. The molecule has 1 heterocycles. The van der Waals surface area contributed by atoms with E-state index >= 15 is 0 Å². The Morgan fingerprint density at radius 3 is 2.75 bits per heavy atom. The van der Waals surface area contributed by atoms with Crippen molar-refractivity contribution in [1.29, 1.82) is 0 Å². The number of nitrogens with two attached hydrogens (primary N) is 1. The number of hydrogen-bond acceptors (Lipinski definition) is 2. The molecule has 3 heteroatoms. The van der Waals surface area contributed by atoms with Gasteiger partial charge in [0.1, 0.15) is 5.82 Å². The lowest BCUT2D eigenvalue weighted by Gasteiger charge is -2.10. The van der Waals surface area contributed by atoms with Crippen molar-refractivity contribution in [1.82, 2.24) is 4.98 Å². The summed E-state index contributed by atoms with van der Waals surface area (Å²) in [6, 6.07) is 6.56. The highest BCUT2D eigenvalue weighted by molar-refractivity contribution is 5.70. The Bertz CT molecular complexity index is 509. The Hall–Kier alpha value is -1.74. The van der Waals surface area contributed by atoms with Crippen molar-refractivity contribution in [3.05, 3.63) is 53.6 Å². The van der Waals surface area contributed by atoms with E-state index in [9.17, 15) is 4.39 Å². The van der Waals surface area contributed by atoms with Crippen LogP contribution >= 0.6 is 0 Å². The van der Waals surface area contributed by atoms with E-state index in [1.807, 2.05) is 13.0 Å². The smallest absolute Gasteiger partial charge is 0.123 e. The second kappa shape index (κ2) is 4.41. The van der Waals surface area contributed by atoms with Crippen LogP contribution in [0.4, 0.5) is 4.39 Å². The fourth-order valence-electron chi connectivity index (χ4n) is 1.75. The molecule has 82 valence electrons. The van der Waals surface area contributed by atoms with Crippen LogP contribution in [0.2, 0.25) is 0 Å². The van der Waals surface area contributed by atoms with Crippen LogP contribution in [-0.2, 0) is 6.54 Å². The molecule has 0 saturated carbocycles. The van der Waals surface area contributed by atoms with Crippen LogP contribution in [0, 0.1) is 12.7 Å². The fraction of sp³-hybridized carbons (Fsp3) is 0.154. The van der Waals surface area contributed by atoms with E-state index in [-0.39, 0.29) is 5.82 Å². The quantitative estimate of drug-likeness (QED) is 0.838. The van der Waals surface area contributed by atoms with Gasteiger partial charge < -0.3 is 5.73 Å². The molecule has 2 aromatic rings. The standard InChI is InChI=1S/C13H13FN2/c1-9-8-16-5-4-12(9)13-6-11(14)3-2-10(13)7-15/h2-6,8H,7,15H2,1H3. The molecule has 0 saturated heterocycles. The molecule has 0 atom stereocenters. The van der Waals surface area contributed by atoms with Crippen LogP contribution < -0.4 is 5.73 Å². The normalized spacial score (nSPS) is 10.4. The minimum absolute atomic E-state index is 0.247. The summed E-state index contributed by atoms with van der Waals surface area (Å²) < 4.78 is 13.2. The molecule has 0 unspecified atom stereocenters. The van der Waals surface area contributed by atoms with Gasteiger partial charge in [-0.1, -0.05) is 6.07 Å². The van der Waals surface area contributed by atoms with Gasteiger partial charge in [0.2, 0.25) is 0 Å². The van der Waals surface area contributed by atoms with Crippen LogP contribution in [0.25, 0.3) is 11.1 Å². The van der Waals surface area contributed by atoms with Crippen LogP contribution in [0.1, 0.15) is 11.1 Å². The SMILES string of the molecule is Cc1cnccc1-c1cc(F)ccc1CN. The number of aryl methyl sites for hydroxylation is 1. The maximum absolute atomic E-state index is 13.2. The molecular formula is C13H13FN2. The molecule has 0 aliphatic heterocycles. The van der Waals surface area contributed by atoms with Gasteiger partial charge in [0.15, 0.2) is 0 Å². The molecule has 2 rings (SSSR count). The predicted molar refractivity (Wildman–Crippen MR) is 62.3 cm³/mol. The van der Waals surface area contributed by atoms with Gasteiger partial charge in [0.25, 0.3) is 0 Å². The summed E-state index contributed by atoms with van der Waals surface area (Å²) in [7, 11) is 0. The molecule has 16 heavy (non-hydrogen) atoms. The summed E-state index contributed by atoms with van der Waals surface area (Å²) in [5, 5.41) is 0. The molecular weight excluding hydrogens is 203 g/mol. The molecule has 0 radical (unpaired) electrons. The second-order valence-corrected chi connectivity index (χ2v) is 3.70. The minimum Gasteiger partial charge on any atom is -0.326 e. The van der Waals surface area contributed by atoms with Crippen LogP contribution in [0.5, 0.6) is 0 Å². The highest BCUT2D eigenvalue weighted by Crippen LogP contribution is 2.26. The van der Waals surface area contributed by atoms with Crippen molar-refractivity contribution < 1.29 is 4.39 Å². The summed E-state index contributed by atoms with van der Waals surface area (Å²) in [5.74, 6) is -0.247. The van der Waals surface area contributed by atoms with Gasteiger partial charge in [-0.05, 0) is 47.4 Å². The highest BCUT2D eigenvalue weighted by Gasteiger charge is 2.07. The average Bonchev–Trinajstić information content (AvgIpc) is 2.29. The third-order valence-electron chi connectivity index (χ3n) is 2.60. The summed E-state index contributed by atoms with van der Waals surface area (Å²) >= 11 is 0. The Kier molecular flexibility index (Phi) is 2.97. The molecule has 0 aliphatic carbocycles. The van der Waals surface area contributed by atoms with Crippen LogP contribution in [0.15, 0.2) is 36.7 Å². The maximum Gasteiger partial charge on any atom is 0.123 e. The fourth-order valence-corrected chi connectivity index (χ4v) is 1.75. The summed E-state index contributed by atoms with van der Waals surface area (Å²) in [6.45, 7) is 2.35. The van der Waals surface area contributed by atoms with E-state index < -0.39 is 0 Å². The Morgan fingerprint density at radius 2 is 2.06 bits per heavy atom. The molecule has 0 spiro atoms. The third-order valence-corrected chi connectivity index (χ3v) is 2.60. The number of nitrogens with zero attached hydrogens (tertiary/aromatic N) is 1. The first-order valence-electron chi connectivity index (χ1n) is 5.12. The number of hydrogen-bond donors (Lipinski definition) is 1. The number of aromatic nitrogens is 1. The van der Waals surface area contributed by atoms with Crippen molar-refractivity contribution in [2.75, 3.05) is 0 Å². The van der Waals surface area contributed by atoms with Gasteiger partial charge in [0, 0.05) is 18.9 Å². The third kappa shape index (κ3) is 1.95. The molecule has 1 aromatic carbocycles. The zero-order valence-electron chi connectivity index (χ0n) is 9.07. The minimum atomic E-state index is -0.247. The summed E-state index contributed by atoms with van der Waals surface area (Å²) in [4.78, 5) is 4.02. The van der Waals surface area contributed by atoms with Crippen molar-refractivity contribution >= 4 is 0 Å². The van der Waals surface area contributed by atoms with Gasteiger partial charge in [-0.15, -0.1) is 0 Å². The number of halogens is 1. The van der Waals surface area contributed by atoms with E-state index in [0.717, 1.165) is 22.3 Å². The average molecular weight is 216 g/mol. The zero-order valence-corrected chi connectivity index (χ0v) is 9.07. The molecule has 0 fully saturated rings. The van der Waals surface area contributed by atoms with Crippen molar-refractivity contribution in [3.63, 3.8) is 0 Å². The lowest BCUT2D eigenvalue weighted by Crippen LogP contribution is -2.00. The van der Waals surface area contributed by atoms with Crippen molar-refractivity contribution in [3.8, 4) is 11.1 Å². The topological polar surface area (TPSA) is 38.9 Å². The van der Waals surface area contributed by atoms with Gasteiger partial charge >= 0.3 is 0 Å². The maximum atomic E-state index is 13.2. The number of pyridine rings is 1. The van der Waals surface area contributed by atoms with Gasteiger partial charge in [-0.2, -0.15) is 0 Å². The van der Waals surface area contributed by atoms with Gasteiger partial charge in [0.05, 0.1) is 0 Å². The molecule has 2 nitrogen and oxygen atoms in total. The van der Waals surface area contributed by atoms with Crippen LogP contribution in [0.3, 0.4) is 0 Å². The Morgan fingerprint density at radius 1 is 1.25 bits per heavy atom. The van der Waals surface area contributed by atoms with E-state index in [0.29, 0.717) is 6.54 Å². The lowest BCUT2D eigenvalue weighted by atomic mass is 9.97. The van der Waals surface area contributed by atoms with E-state index in [2.05, 4.69) is 4.98 Å².